The van der Waals surface area contributed by atoms with Crippen LogP contribution in [0, 0.1) is 11.8 Å². The van der Waals surface area contributed by atoms with Crippen molar-refractivity contribution < 1.29 is 9.59 Å². The van der Waals surface area contributed by atoms with Gasteiger partial charge in [-0.25, -0.2) is 4.79 Å². The minimum absolute atomic E-state index is 0.00968. The molecule has 0 bridgehead atoms. The van der Waals surface area contributed by atoms with Crippen molar-refractivity contribution in [3.05, 3.63) is 24.3 Å². The summed E-state index contributed by atoms with van der Waals surface area (Å²) in [7, 11) is 0. The molecule has 138 valence electrons. The molecule has 0 saturated carbocycles. The van der Waals surface area contributed by atoms with E-state index in [4.69, 9.17) is 0 Å². The first kappa shape index (κ1) is 19.2. The molecule has 1 aromatic rings. The molecule has 1 unspecified atom stereocenters. The minimum atomic E-state index is -0.278. The quantitative estimate of drug-likeness (QED) is 0.638. The number of hydrogen-bond acceptors (Lipinski definition) is 3. The van der Waals surface area contributed by atoms with E-state index in [0.29, 0.717) is 29.6 Å². The van der Waals surface area contributed by atoms with Crippen LogP contribution >= 0.6 is 0 Å². The molecule has 6 heteroatoms. The molecule has 0 aliphatic carbocycles. The molecular weight excluding hydrogens is 316 g/mol. The Balaban J connectivity index is 1.92. The number of hydrogen-bond donors (Lipinski definition) is 4. The van der Waals surface area contributed by atoms with Gasteiger partial charge in [-0.15, -0.1) is 0 Å². The average Bonchev–Trinajstić information content (AvgIpc) is 2.56. The van der Waals surface area contributed by atoms with Gasteiger partial charge in [0.2, 0.25) is 5.91 Å². The van der Waals surface area contributed by atoms with Gasteiger partial charge in [0.15, 0.2) is 0 Å². The number of para-hydroxylation sites is 2. The third kappa shape index (κ3) is 6.38. The standard InChI is InChI=1S/C19H30N4O2/c1-13(2)21-19(25)23-17-7-5-4-6-16(17)22-18(24)12-14(3)15-8-10-20-11-9-15/h4-7,13-15,20H,8-12H2,1-3H3,(H,22,24)(H2,21,23,25). The summed E-state index contributed by atoms with van der Waals surface area (Å²) in [6.45, 7) is 8.02. The summed E-state index contributed by atoms with van der Waals surface area (Å²) in [5.74, 6) is 0.938. The topological polar surface area (TPSA) is 82.3 Å². The van der Waals surface area contributed by atoms with Gasteiger partial charge in [-0.3, -0.25) is 4.79 Å². The fourth-order valence-corrected chi connectivity index (χ4v) is 3.20. The van der Waals surface area contributed by atoms with Crippen LogP contribution in [0.2, 0.25) is 0 Å². The number of rotatable bonds is 6. The highest BCUT2D eigenvalue weighted by atomic mass is 16.2. The van der Waals surface area contributed by atoms with E-state index in [1.165, 1.54) is 0 Å². The highest BCUT2D eigenvalue weighted by molar-refractivity contribution is 5.99. The maximum Gasteiger partial charge on any atom is 0.319 e. The molecule has 25 heavy (non-hydrogen) atoms. The molecule has 0 spiro atoms. The van der Waals surface area contributed by atoms with Crippen molar-refractivity contribution >= 4 is 23.3 Å². The summed E-state index contributed by atoms with van der Waals surface area (Å²) < 4.78 is 0. The third-order valence-electron chi connectivity index (χ3n) is 4.57. The SMILES string of the molecule is CC(C)NC(=O)Nc1ccccc1NC(=O)CC(C)C1CCNCC1. The van der Waals surface area contributed by atoms with E-state index < -0.39 is 0 Å². The second-order valence-electron chi connectivity index (χ2n) is 7.12. The molecule has 1 atom stereocenters. The highest BCUT2D eigenvalue weighted by Crippen LogP contribution is 2.26. The zero-order valence-corrected chi connectivity index (χ0v) is 15.4. The second-order valence-corrected chi connectivity index (χ2v) is 7.12. The van der Waals surface area contributed by atoms with Crippen LogP contribution in [0.15, 0.2) is 24.3 Å². The van der Waals surface area contributed by atoms with Crippen LogP contribution in [-0.4, -0.2) is 31.1 Å². The molecule has 1 aliphatic heterocycles. The van der Waals surface area contributed by atoms with E-state index >= 15 is 0 Å². The summed E-state index contributed by atoms with van der Waals surface area (Å²) >= 11 is 0. The van der Waals surface area contributed by atoms with Crippen molar-refractivity contribution in [2.45, 2.75) is 46.1 Å². The number of urea groups is 1. The van der Waals surface area contributed by atoms with E-state index in [1.54, 1.807) is 12.1 Å². The summed E-state index contributed by atoms with van der Waals surface area (Å²) in [5, 5.41) is 11.9. The third-order valence-corrected chi connectivity index (χ3v) is 4.57. The molecule has 1 aliphatic rings. The fourth-order valence-electron chi connectivity index (χ4n) is 3.20. The van der Waals surface area contributed by atoms with Crippen LogP contribution in [-0.2, 0) is 4.79 Å². The number of carbonyl (C=O) groups excluding carboxylic acids is 2. The predicted octanol–water partition coefficient (Wildman–Crippen LogP) is 3.18. The van der Waals surface area contributed by atoms with Crippen LogP contribution in [0.25, 0.3) is 0 Å². The van der Waals surface area contributed by atoms with Crippen molar-refractivity contribution in [1.82, 2.24) is 10.6 Å². The van der Waals surface area contributed by atoms with E-state index in [0.717, 1.165) is 25.9 Å². The van der Waals surface area contributed by atoms with Gasteiger partial charge in [0, 0.05) is 12.5 Å². The number of benzene rings is 1. The first-order chi connectivity index (χ1) is 12.0. The second kappa shape index (κ2) is 9.42. The summed E-state index contributed by atoms with van der Waals surface area (Å²) in [6, 6.07) is 7.03. The smallest absolute Gasteiger partial charge is 0.319 e. The van der Waals surface area contributed by atoms with Crippen LogP contribution in [0.3, 0.4) is 0 Å². The molecule has 0 aromatic heterocycles. The highest BCUT2D eigenvalue weighted by Gasteiger charge is 2.22. The zero-order chi connectivity index (χ0) is 18.2. The molecule has 4 N–H and O–H groups in total. The summed E-state index contributed by atoms with van der Waals surface area (Å²) in [4.78, 5) is 24.3. The molecule has 0 radical (unpaired) electrons. The van der Waals surface area contributed by atoms with Crippen molar-refractivity contribution in [1.29, 1.82) is 0 Å². The Kier molecular flexibility index (Phi) is 7.25. The van der Waals surface area contributed by atoms with Crippen molar-refractivity contribution in [3.63, 3.8) is 0 Å². The lowest BCUT2D eigenvalue weighted by atomic mass is 9.84. The van der Waals surface area contributed by atoms with Gasteiger partial charge < -0.3 is 21.3 Å². The number of amides is 3. The normalized spacial score (nSPS) is 16.3. The van der Waals surface area contributed by atoms with Gasteiger partial charge in [-0.05, 0) is 63.7 Å². The van der Waals surface area contributed by atoms with E-state index in [-0.39, 0.29) is 18.0 Å². The zero-order valence-electron chi connectivity index (χ0n) is 15.4. The van der Waals surface area contributed by atoms with Crippen LogP contribution in [0.5, 0.6) is 0 Å². The van der Waals surface area contributed by atoms with Gasteiger partial charge in [0.1, 0.15) is 0 Å². The van der Waals surface area contributed by atoms with Gasteiger partial charge in [-0.1, -0.05) is 19.1 Å². The van der Waals surface area contributed by atoms with Gasteiger partial charge in [-0.2, -0.15) is 0 Å². The Morgan fingerprint density at radius 3 is 2.28 bits per heavy atom. The lowest BCUT2D eigenvalue weighted by Crippen LogP contribution is -2.34. The number of nitrogens with one attached hydrogen (secondary N) is 4. The van der Waals surface area contributed by atoms with Gasteiger partial charge in [0.05, 0.1) is 11.4 Å². The van der Waals surface area contributed by atoms with E-state index in [2.05, 4.69) is 28.2 Å². The van der Waals surface area contributed by atoms with Gasteiger partial charge >= 0.3 is 6.03 Å². The average molecular weight is 346 g/mol. The van der Waals surface area contributed by atoms with Crippen LogP contribution < -0.4 is 21.3 Å². The minimum Gasteiger partial charge on any atom is -0.336 e. The molecule has 2 rings (SSSR count). The molecular formula is C19H30N4O2. The lowest BCUT2D eigenvalue weighted by Gasteiger charge is -2.28. The van der Waals surface area contributed by atoms with Crippen molar-refractivity contribution in [3.8, 4) is 0 Å². The first-order valence-electron chi connectivity index (χ1n) is 9.13. The molecule has 6 nitrogen and oxygen atoms in total. The predicted molar refractivity (Wildman–Crippen MR) is 102 cm³/mol. The van der Waals surface area contributed by atoms with Crippen LogP contribution in [0.4, 0.5) is 16.2 Å². The molecule has 1 heterocycles. The Labute approximate surface area is 150 Å². The maximum absolute atomic E-state index is 12.4. The Bertz CT molecular complexity index is 583. The van der Waals surface area contributed by atoms with E-state index in [9.17, 15) is 9.59 Å². The molecule has 1 aromatic carbocycles. The first-order valence-corrected chi connectivity index (χ1v) is 9.13. The molecule has 1 saturated heterocycles. The Morgan fingerprint density at radius 2 is 1.68 bits per heavy atom. The van der Waals surface area contributed by atoms with Crippen molar-refractivity contribution in [2.75, 3.05) is 23.7 Å². The molecule has 3 amide bonds. The maximum atomic E-state index is 12.4. The number of piperidine rings is 1. The fraction of sp³-hybridized carbons (Fsp3) is 0.579. The Morgan fingerprint density at radius 1 is 1.08 bits per heavy atom. The summed E-state index contributed by atoms with van der Waals surface area (Å²) in [5.41, 5.74) is 1.23. The molecule has 1 fully saturated rings. The Hall–Kier alpha value is -2.08. The number of carbonyl (C=O) groups is 2. The van der Waals surface area contributed by atoms with E-state index in [1.807, 2.05) is 26.0 Å². The lowest BCUT2D eigenvalue weighted by molar-refractivity contribution is -0.117. The van der Waals surface area contributed by atoms with Crippen molar-refractivity contribution in [2.24, 2.45) is 11.8 Å². The summed E-state index contributed by atoms with van der Waals surface area (Å²) in [6.07, 6.45) is 2.75. The monoisotopic (exact) mass is 346 g/mol. The van der Waals surface area contributed by atoms with Crippen LogP contribution in [0.1, 0.15) is 40.0 Å². The largest absolute Gasteiger partial charge is 0.336 e. The number of anilines is 2. The van der Waals surface area contributed by atoms with Gasteiger partial charge in [0.25, 0.3) is 0 Å².